The van der Waals surface area contributed by atoms with Crippen molar-refractivity contribution in [2.24, 2.45) is 4.99 Å². The predicted molar refractivity (Wildman–Crippen MR) is 131 cm³/mol. The van der Waals surface area contributed by atoms with Gasteiger partial charge < -0.3 is 0 Å². The molecule has 1 nitrogen and oxygen atoms in total. The number of rotatable bonds is 5. The Bertz CT molecular complexity index is 1260. The van der Waals surface area contributed by atoms with Crippen LogP contribution >= 0.6 is 0 Å². The molecule has 0 N–H and O–H groups in total. The van der Waals surface area contributed by atoms with E-state index < -0.39 is 0 Å². The normalized spacial score (nSPS) is 11.7. The number of hydrogen-bond donors (Lipinski definition) is 0. The molecular weight excluding hydrogens is 374 g/mol. The fourth-order valence-electron chi connectivity index (χ4n) is 4.08. The molecule has 0 aliphatic carbocycles. The van der Waals surface area contributed by atoms with Gasteiger partial charge in [0.1, 0.15) is 6.04 Å². The van der Waals surface area contributed by atoms with E-state index in [4.69, 9.17) is 4.99 Å². The van der Waals surface area contributed by atoms with Crippen LogP contribution in [-0.4, -0.2) is 5.71 Å². The molecule has 0 saturated carbocycles. The number of benzene rings is 5. The minimum absolute atomic E-state index is 0.109. The molecule has 0 amide bonds. The molecule has 5 aromatic rings. The third kappa shape index (κ3) is 4.04. The fraction of sp³-hybridized carbons (Fsp3) is 0.0333. The van der Waals surface area contributed by atoms with Gasteiger partial charge in [0.15, 0.2) is 0 Å². The van der Waals surface area contributed by atoms with Gasteiger partial charge in [-0.1, -0.05) is 133 Å². The first-order chi connectivity index (χ1) is 15.4. The lowest BCUT2D eigenvalue weighted by Crippen LogP contribution is -2.08. The van der Waals surface area contributed by atoms with Crippen LogP contribution in [0.4, 0.5) is 0 Å². The first kappa shape index (κ1) is 19.0. The highest BCUT2D eigenvalue weighted by Crippen LogP contribution is 2.33. The topological polar surface area (TPSA) is 12.4 Å². The molecule has 0 aliphatic heterocycles. The molecule has 0 aliphatic rings. The van der Waals surface area contributed by atoms with Crippen molar-refractivity contribution in [2.45, 2.75) is 6.04 Å². The van der Waals surface area contributed by atoms with Crippen LogP contribution in [0.5, 0.6) is 0 Å². The van der Waals surface area contributed by atoms with Crippen LogP contribution in [0.25, 0.3) is 10.8 Å². The summed E-state index contributed by atoms with van der Waals surface area (Å²) in [4.78, 5) is 5.42. The molecule has 5 aromatic carbocycles. The first-order valence-corrected chi connectivity index (χ1v) is 10.6. The van der Waals surface area contributed by atoms with Crippen LogP contribution in [0.2, 0.25) is 0 Å². The lowest BCUT2D eigenvalue weighted by molar-refractivity contribution is 0.882. The lowest BCUT2D eigenvalue weighted by Gasteiger charge is -2.19. The van der Waals surface area contributed by atoms with E-state index >= 15 is 0 Å². The average molecular weight is 398 g/mol. The summed E-state index contributed by atoms with van der Waals surface area (Å²) in [6.45, 7) is 0. The maximum absolute atomic E-state index is 5.42. The Morgan fingerprint density at radius 2 is 1.00 bits per heavy atom. The van der Waals surface area contributed by atoms with E-state index in [0.717, 1.165) is 16.8 Å². The fourth-order valence-corrected chi connectivity index (χ4v) is 4.08. The highest BCUT2D eigenvalue weighted by atomic mass is 14.8. The van der Waals surface area contributed by atoms with Crippen LogP contribution in [0.1, 0.15) is 28.3 Å². The van der Waals surface area contributed by atoms with Crippen molar-refractivity contribution in [1.82, 2.24) is 0 Å². The van der Waals surface area contributed by atoms with Gasteiger partial charge in [-0.25, -0.2) is 0 Å². The van der Waals surface area contributed by atoms with E-state index in [9.17, 15) is 0 Å². The maximum atomic E-state index is 5.42. The summed E-state index contributed by atoms with van der Waals surface area (Å²) in [5.74, 6) is 0. The minimum atomic E-state index is -0.109. The van der Waals surface area contributed by atoms with Crippen LogP contribution in [0, 0.1) is 0 Å². The average Bonchev–Trinajstić information content (AvgIpc) is 2.86. The van der Waals surface area contributed by atoms with Crippen molar-refractivity contribution in [3.63, 3.8) is 0 Å². The number of hydrogen-bond acceptors (Lipinski definition) is 1. The predicted octanol–water partition coefficient (Wildman–Crippen LogP) is 7.47. The molecule has 5 rings (SSSR count). The molecule has 31 heavy (non-hydrogen) atoms. The largest absolute Gasteiger partial charge is 0.271 e. The number of fused-ring (bicyclic) bond motifs is 1. The first-order valence-electron chi connectivity index (χ1n) is 10.6. The third-order valence-corrected chi connectivity index (χ3v) is 5.59. The van der Waals surface area contributed by atoms with E-state index in [1.165, 1.54) is 21.9 Å². The van der Waals surface area contributed by atoms with Gasteiger partial charge in [-0.05, 0) is 21.9 Å². The van der Waals surface area contributed by atoms with Crippen molar-refractivity contribution in [2.75, 3.05) is 0 Å². The Labute approximate surface area is 183 Å². The Morgan fingerprint density at radius 3 is 1.65 bits per heavy atom. The molecule has 148 valence electrons. The van der Waals surface area contributed by atoms with Crippen molar-refractivity contribution in [1.29, 1.82) is 0 Å². The lowest BCUT2D eigenvalue weighted by atomic mass is 9.93. The van der Waals surface area contributed by atoms with Crippen LogP contribution in [0.15, 0.2) is 138 Å². The van der Waals surface area contributed by atoms with Gasteiger partial charge >= 0.3 is 0 Å². The van der Waals surface area contributed by atoms with Gasteiger partial charge in [-0.2, -0.15) is 0 Å². The second-order valence-corrected chi connectivity index (χ2v) is 7.59. The highest BCUT2D eigenvalue weighted by molar-refractivity contribution is 6.13. The van der Waals surface area contributed by atoms with Gasteiger partial charge in [0, 0.05) is 11.1 Å². The molecular formula is C30H23N. The zero-order valence-electron chi connectivity index (χ0n) is 17.2. The molecule has 1 unspecified atom stereocenters. The van der Waals surface area contributed by atoms with E-state index in [1.807, 2.05) is 12.1 Å². The monoisotopic (exact) mass is 397 g/mol. The van der Waals surface area contributed by atoms with Crippen molar-refractivity contribution in [3.05, 3.63) is 156 Å². The zero-order chi connectivity index (χ0) is 20.9. The van der Waals surface area contributed by atoms with Gasteiger partial charge in [-0.15, -0.1) is 0 Å². The van der Waals surface area contributed by atoms with Crippen LogP contribution < -0.4 is 0 Å². The maximum Gasteiger partial charge on any atom is 0.101 e. The van der Waals surface area contributed by atoms with Crippen LogP contribution in [-0.2, 0) is 0 Å². The smallest absolute Gasteiger partial charge is 0.101 e. The number of nitrogens with zero attached hydrogens (tertiary/aromatic N) is 1. The van der Waals surface area contributed by atoms with E-state index in [0.29, 0.717) is 0 Å². The molecule has 1 heteroatoms. The summed E-state index contributed by atoms with van der Waals surface area (Å²) >= 11 is 0. The summed E-state index contributed by atoms with van der Waals surface area (Å²) in [5.41, 5.74) is 5.64. The van der Waals surface area contributed by atoms with Crippen molar-refractivity contribution in [3.8, 4) is 0 Å². The zero-order valence-corrected chi connectivity index (χ0v) is 17.2. The second kappa shape index (κ2) is 8.81. The Balaban J connectivity index is 1.77. The van der Waals surface area contributed by atoms with Crippen molar-refractivity contribution >= 4 is 16.5 Å². The Kier molecular flexibility index (Phi) is 5.40. The molecule has 0 radical (unpaired) electrons. The summed E-state index contributed by atoms with van der Waals surface area (Å²) in [7, 11) is 0. The van der Waals surface area contributed by atoms with E-state index in [-0.39, 0.29) is 6.04 Å². The summed E-state index contributed by atoms with van der Waals surface area (Å²) in [6, 6.07) is 46.5. The van der Waals surface area contributed by atoms with Gasteiger partial charge in [0.2, 0.25) is 0 Å². The second-order valence-electron chi connectivity index (χ2n) is 7.59. The molecule has 1 atom stereocenters. The summed E-state index contributed by atoms with van der Waals surface area (Å²) < 4.78 is 0. The standard InChI is InChI=1S/C30H23N/c1-4-14-24(15-5-1)29(25-16-6-2-7-17-25)31-30(26-18-8-3-9-19-26)28-22-12-20-23-13-10-11-21-27(23)28/h1-22,30H. The molecule has 0 aromatic heterocycles. The quantitative estimate of drug-likeness (QED) is 0.273. The SMILES string of the molecule is c1ccc(C(=NC(c2ccccc2)c2cccc3ccccc23)c2ccccc2)cc1. The molecule has 0 spiro atoms. The minimum Gasteiger partial charge on any atom is -0.271 e. The van der Waals surface area contributed by atoms with Gasteiger partial charge in [-0.3, -0.25) is 4.99 Å². The molecule has 0 fully saturated rings. The van der Waals surface area contributed by atoms with Gasteiger partial charge in [0.25, 0.3) is 0 Å². The Morgan fingerprint density at radius 1 is 0.484 bits per heavy atom. The molecule has 0 heterocycles. The number of aliphatic imine (C=N–C) groups is 1. The molecule has 0 bridgehead atoms. The summed E-state index contributed by atoms with van der Waals surface area (Å²) in [5, 5.41) is 2.47. The van der Waals surface area contributed by atoms with Crippen molar-refractivity contribution < 1.29 is 0 Å². The van der Waals surface area contributed by atoms with Crippen LogP contribution in [0.3, 0.4) is 0 Å². The third-order valence-electron chi connectivity index (χ3n) is 5.59. The summed E-state index contributed by atoms with van der Waals surface area (Å²) in [6.07, 6.45) is 0. The van der Waals surface area contributed by atoms with Gasteiger partial charge in [0.05, 0.1) is 5.71 Å². The van der Waals surface area contributed by atoms with E-state index in [2.05, 4.69) is 121 Å². The Hall–Kier alpha value is -3.97. The molecule has 0 saturated heterocycles. The van der Waals surface area contributed by atoms with E-state index in [1.54, 1.807) is 0 Å². The highest BCUT2D eigenvalue weighted by Gasteiger charge is 2.18.